The second kappa shape index (κ2) is 8.21. The van der Waals surface area contributed by atoms with E-state index in [9.17, 15) is 9.90 Å². The van der Waals surface area contributed by atoms with Gasteiger partial charge in [-0.3, -0.25) is 4.79 Å². The molecule has 23 heavy (non-hydrogen) atoms. The summed E-state index contributed by atoms with van der Waals surface area (Å²) < 4.78 is 5.35. The topological polar surface area (TPSA) is 58.7 Å². The van der Waals surface area contributed by atoms with E-state index in [0.29, 0.717) is 0 Å². The van der Waals surface area contributed by atoms with Gasteiger partial charge in [0.2, 0.25) is 0 Å². The van der Waals surface area contributed by atoms with Crippen molar-refractivity contribution in [2.75, 3.05) is 65.6 Å². The summed E-state index contributed by atoms with van der Waals surface area (Å²) in [6.07, 6.45) is -0.266. The third kappa shape index (κ3) is 4.74. The maximum atomic E-state index is 12.3. The minimum absolute atomic E-state index is 0.150. The Hall–Kier alpha value is -0.990. The Morgan fingerprint density at radius 2 is 1.87 bits per heavy atom. The number of ether oxygens (including phenoxy) is 1. The molecule has 0 spiro atoms. The van der Waals surface area contributed by atoms with Crippen LogP contribution in [0.5, 0.6) is 0 Å². The van der Waals surface area contributed by atoms with Crippen LogP contribution in [0.3, 0.4) is 0 Å². The molecule has 3 rings (SSSR count). The SMILES string of the molecule is O=C(c1cccs1)N1CC[NH+](C[C@@H](O)C[NH+]2CCOCC2)CC1. The highest BCUT2D eigenvalue weighted by Gasteiger charge is 2.28. The third-order valence-corrected chi connectivity index (χ3v) is 5.60. The molecular weight excluding hydrogens is 314 g/mol. The fraction of sp³-hybridized carbons (Fsp3) is 0.688. The second-order valence-electron chi connectivity index (χ2n) is 6.44. The number of hydrogen-bond acceptors (Lipinski definition) is 4. The zero-order chi connectivity index (χ0) is 16.1. The number of rotatable bonds is 5. The van der Waals surface area contributed by atoms with Crippen LogP contribution in [-0.4, -0.2) is 87.6 Å². The van der Waals surface area contributed by atoms with E-state index in [0.717, 1.165) is 70.4 Å². The van der Waals surface area contributed by atoms with Crippen molar-refractivity contribution >= 4 is 17.2 Å². The van der Waals surface area contributed by atoms with Crippen LogP contribution in [0, 0.1) is 0 Å². The lowest BCUT2D eigenvalue weighted by molar-refractivity contribution is -0.930. The molecule has 3 N–H and O–H groups in total. The number of aliphatic hydroxyl groups is 1. The van der Waals surface area contributed by atoms with E-state index in [-0.39, 0.29) is 12.0 Å². The lowest BCUT2D eigenvalue weighted by Crippen LogP contribution is -3.19. The number of amides is 1. The Bertz CT molecular complexity index is 483. The highest BCUT2D eigenvalue weighted by Crippen LogP contribution is 2.11. The molecular formula is C16H27N3O3S+2. The largest absolute Gasteiger partial charge is 0.382 e. The highest BCUT2D eigenvalue weighted by molar-refractivity contribution is 7.12. The molecule has 128 valence electrons. The summed E-state index contributed by atoms with van der Waals surface area (Å²) in [4.78, 5) is 17.9. The van der Waals surface area contributed by atoms with E-state index in [1.807, 2.05) is 22.4 Å². The van der Waals surface area contributed by atoms with Gasteiger partial charge in [0.05, 0.1) is 44.3 Å². The molecule has 0 aromatic carbocycles. The predicted octanol–water partition coefficient (Wildman–Crippen LogP) is -2.64. The van der Waals surface area contributed by atoms with Crippen molar-refractivity contribution in [3.63, 3.8) is 0 Å². The van der Waals surface area contributed by atoms with Gasteiger partial charge in [0, 0.05) is 0 Å². The molecule has 0 unspecified atom stereocenters. The molecule has 7 heteroatoms. The number of morpholine rings is 1. The number of quaternary nitrogens is 2. The molecule has 2 fully saturated rings. The van der Waals surface area contributed by atoms with Gasteiger partial charge in [-0.2, -0.15) is 0 Å². The third-order valence-electron chi connectivity index (χ3n) is 4.74. The van der Waals surface area contributed by atoms with E-state index in [2.05, 4.69) is 0 Å². The molecule has 2 saturated heterocycles. The van der Waals surface area contributed by atoms with Crippen LogP contribution in [0.15, 0.2) is 17.5 Å². The Morgan fingerprint density at radius 1 is 1.22 bits per heavy atom. The van der Waals surface area contributed by atoms with Crippen LogP contribution in [0.4, 0.5) is 0 Å². The molecule has 0 saturated carbocycles. The van der Waals surface area contributed by atoms with Crippen molar-refractivity contribution in [1.29, 1.82) is 0 Å². The molecule has 1 atom stereocenters. The second-order valence-corrected chi connectivity index (χ2v) is 7.39. The summed E-state index contributed by atoms with van der Waals surface area (Å²) in [6.45, 7) is 8.60. The summed E-state index contributed by atoms with van der Waals surface area (Å²) in [5.41, 5.74) is 0. The standard InChI is InChI=1S/C16H25N3O3S/c20-14(13-18-7-9-22-10-8-18)12-17-3-5-19(6-4-17)16(21)15-2-1-11-23-15/h1-2,11,14,20H,3-10,12-13H2/p+2/t14-/m1/s1. The van der Waals surface area contributed by atoms with Crippen LogP contribution in [-0.2, 0) is 4.74 Å². The number of hydrogen-bond donors (Lipinski definition) is 3. The van der Waals surface area contributed by atoms with Crippen LogP contribution in [0.1, 0.15) is 9.67 Å². The van der Waals surface area contributed by atoms with Crippen molar-refractivity contribution in [3.05, 3.63) is 22.4 Å². The van der Waals surface area contributed by atoms with Gasteiger partial charge in [0.1, 0.15) is 26.2 Å². The quantitative estimate of drug-likeness (QED) is 0.549. The monoisotopic (exact) mass is 341 g/mol. The first-order chi connectivity index (χ1) is 11.2. The van der Waals surface area contributed by atoms with Crippen LogP contribution in [0.25, 0.3) is 0 Å². The van der Waals surface area contributed by atoms with Crippen LogP contribution >= 0.6 is 11.3 Å². The number of carbonyl (C=O) groups is 1. The molecule has 2 aliphatic rings. The summed E-state index contributed by atoms with van der Waals surface area (Å²) >= 11 is 1.50. The fourth-order valence-electron chi connectivity index (χ4n) is 3.39. The smallest absolute Gasteiger partial charge is 0.264 e. The molecule has 1 aromatic heterocycles. The van der Waals surface area contributed by atoms with E-state index < -0.39 is 0 Å². The Labute approximate surface area is 141 Å². The summed E-state index contributed by atoms with van der Waals surface area (Å²) in [5.74, 6) is 0.150. The van der Waals surface area contributed by atoms with Gasteiger partial charge in [-0.1, -0.05) is 6.07 Å². The first-order valence-electron chi connectivity index (χ1n) is 8.48. The van der Waals surface area contributed by atoms with Gasteiger partial charge in [-0.05, 0) is 11.4 Å². The number of aliphatic hydroxyl groups excluding tert-OH is 1. The van der Waals surface area contributed by atoms with Crippen molar-refractivity contribution in [2.45, 2.75) is 6.10 Å². The van der Waals surface area contributed by atoms with Crippen molar-refractivity contribution in [3.8, 4) is 0 Å². The fourth-order valence-corrected chi connectivity index (χ4v) is 4.08. The van der Waals surface area contributed by atoms with Crippen LogP contribution < -0.4 is 9.80 Å². The lowest BCUT2D eigenvalue weighted by atomic mass is 10.2. The Balaban J connectivity index is 1.39. The van der Waals surface area contributed by atoms with E-state index in [4.69, 9.17) is 4.74 Å². The van der Waals surface area contributed by atoms with Crippen molar-refractivity contribution < 1.29 is 24.4 Å². The number of thiophene rings is 1. The average Bonchev–Trinajstić information content (AvgIpc) is 3.10. The zero-order valence-electron chi connectivity index (χ0n) is 13.5. The number of piperazine rings is 1. The van der Waals surface area contributed by atoms with Gasteiger partial charge in [-0.25, -0.2) is 0 Å². The van der Waals surface area contributed by atoms with E-state index in [1.165, 1.54) is 21.1 Å². The van der Waals surface area contributed by atoms with Crippen molar-refractivity contribution in [2.24, 2.45) is 0 Å². The predicted molar refractivity (Wildman–Crippen MR) is 88.2 cm³/mol. The average molecular weight is 341 g/mol. The van der Waals surface area contributed by atoms with Gasteiger partial charge in [0.15, 0.2) is 6.10 Å². The van der Waals surface area contributed by atoms with Gasteiger partial charge in [-0.15, -0.1) is 11.3 Å². The summed E-state index contributed by atoms with van der Waals surface area (Å²) in [7, 11) is 0. The minimum Gasteiger partial charge on any atom is -0.382 e. The van der Waals surface area contributed by atoms with Crippen molar-refractivity contribution in [1.82, 2.24) is 4.90 Å². The number of nitrogens with zero attached hydrogens (tertiary/aromatic N) is 1. The molecule has 6 nitrogen and oxygen atoms in total. The van der Waals surface area contributed by atoms with Gasteiger partial charge < -0.3 is 24.5 Å². The first kappa shape index (κ1) is 16.9. The number of nitrogens with one attached hydrogen (secondary N) is 2. The zero-order valence-corrected chi connectivity index (χ0v) is 14.3. The molecule has 1 aromatic rings. The van der Waals surface area contributed by atoms with Crippen LogP contribution in [0.2, 0.25) is 0 Å². The molecule has 0 radical (unpaired) electrons. The molecule has 0 aliphatic carbocycles. The maximum Gasteiger partial charge on any atom is 0.264 e. The number of carbonyl (C=O) groups excluding carboxylic acids is 1. The lowest BCUT2D eigenvalue weighted by Gasteiger charge is -2.33. The normalized spacial score (nSPS) is 22.2. The Morgan fingerprint density at radius 3 is 2.48 bits per heavy atom. The van der Waals surface area contributed by atoms with Gasteiger partial charge >= 0.3 is 0 Å². The van der Waals surface area contributed by atoms with E-state index >= 15 is 0 Å². The molecule has 2 aliphatic heterocycles. The Kier molecular flexibility index (Phi) is 6.02. The van der Waals surface area contributed by atoms with Gasteiger partial charge in [0.25, 0.3) is 5.91 Å². The molecule has 0 bridgehead atoms. The first-order valence-corrected chi connectivity index (χ1v) is 9.36. The maximum absolute atomic E-state index is 12.3. The molecule has 3 heterocycles. The minimum atomic E-state index is -0.266. The van der Waals surface area contributed by atoms with E-state index in [1.54, 1.807) is 0 Å². The highest BCUT2D eigenvalue weighted by atomic mass is 32.1. The summed E-state index contributed by atoms with van der Waals surface area (Å²) in [6, 6.07) is 3.81. The summed E-state index contributed by atoms with van der Waals surface area (Å²) in [5, 5.41) is 12.3. The molecule has 1 amide bonds.